The van der Waals surface area contributed by atoms with Crippen LogP contribution in [0.4, 0.5) is 13.2 Å². The molecule has 0 aliphatic heterocycles. The third-order valence-corrected chi connectivity index (χ3v) is 6.64. The maximum atomic E-state index is 12.8. The fourth-order valence-corrected chi connectivity index (χ4v) is 4.86. The molecule has 0 spiro atoms. The lowest BCUT2D eigenvalue weighted by Gasteiger charge is -2.29. The standard InChI is InChI=1S/C23H31F3O2/c1-2-3-16-4-6-17(7-5-16)18-10-14-21(15-11-18)28-22(27)19-8-12-20(13-9-19)23(24,25)26/h10-11,14-17,19-20H,2-9,12-13H2,1H3. The number of esters is 1. The van der Waals surface area contributed by atoms with Crippen molar-refractivity contribution in [3.8, 4) is 5.75 Å². The van der Waals surface area contributed by atoms with E-state index < -0.39 is 24.0 Å². The second-order valence-electron chi connectivity index (χ2n) is 8.59. The van der Waals surface area contributed by atoms with Crippen LogP contribution in [0.3, 0.4) is 0 Å². The average Bonchev–Trinajstić information content (AvgIpc) is 2.69. The number of rotatable bonds is 5. The third kappa shape index (κ3) is 5.51. The largest absolute Gasteiger partial charge is 0.426 e. The van der Waals surface area contributed by atoms with Gasteiger partial charge in [0.1, 0.15) is 5.75 Å². The van der Waals surface area contributed by atoms with E-state index in [9.17, 15) is 18.0 Å². The van der Waals surface area contributed by atoms with Gasteiger partial charge in [-0.1, -0.05) is 31.9 Å². The summed E-state index contributed by atoms with van der Waals surface area (Å²) in [4.78, 5) is 12.3. The number of ether oxygens (including phenoxy) is 1. The highest BCUT2D eigenvalue weighted by Crippen LogP contribution is 2.40. The predicted molar refractivity (Wildman–Crippen MR) is 103 cm³/mol. The number of hydrogen-bond donors (Lipinski definition) is 0. The van der Waals surface area contributed by atoms with E-state index in [1.807, 2.05) is 24.3 Å². The predicted octanol–water partition coefficient (Wildman–Crippen LogP) is 7.03. The van der Waals surface area contributed by atoms with Crippen LogP contribution in [-0.2, 0) is 4.79 Å². The lowest BCUT2D eigenvalue weighted by molar-refractivity contribution is -0.185. The Hall–Kier alpha value is -1.52. The van der Waals surface area contributed by atoms with Crippen LogP contribution in [0.5, 0.6) is 5.75 Å². The molecule has 3 rings (SSSR count). The van der Waals surface area contributed by atoms with E-state index in [0.29, 0.717) is 11.7 Å². The smallest absolute Gasteiger partial charge is 0.391 e. The summed E-state index contributed by atoms with van der Waals surface area (Å²) < 4.78 is 43.7. The zero-order valence-corrected chi connectivity index (χ0v) is 16.6. The molecule has 0 aromatic heterocycles. The van der Waals surface area contributed by atoms with Gasteiger partial charge in [-0.25, -0.2) is 0 Å². The van der Waals surface area contributed by atoms with E-state index in [0.717, 1.165) is 5.92 Å². The van der Waals surface area contributed by atoms with E-state index in [1.165, 1.54) is 44.1 Å². The Bertz CT molecular complexity index is 622. The van der Waals surface area contributed by atoms with Crippen LogP contribution in [0.15, 0.2) is 24.3 Å². The van der Waals surface area contributed by atoms with Crippen molar-refractivity contribution >= 4 is 5.97 Å². The molecule has 1 aromatic rings. The lowest BCUT2D eigenvalue weighted by Crippen LogP contribution is -2.31. The molecule has 0 amide bonds. The molecule has 2 aliphatic carbocycles. The first-order valence-electron chi connectivity index (χ1n) is 10.7. The van der Waals surface area contributed by atoms with Crippen molar-refractivity contribution in [2.75, 3.05) is 0 Å². The van der Waals surface area contributed by atoms with Gasteiger partial charge in [0.15, 0.2) is 0 Å². The third-order valence-electron chi connectivity index (χ3n) is 6.64. The summed E-state index contributed by atoms with van der Waals surface area (Å²) in [5.74, 6) is -0.153. The van der Waals surface area contributed by atoms with Crippen molar-refractivity contribution in [3.63, 3.8) is 0 Å². The summed E-state index contributed by atoms with van der Waals surface area (Å²) in [5, 5.41) is 0. The normalized spacial score (nSPS) is 28.7. The second-order valence-corrected chi connectivity index (χ2v) is 8.59. The SMILES string of the molecule is CCCC1CCC(c2ccc(OC(=O)C3CCC(C(F)(F)F)CC3)cc2)CC1. The van der Waals surface area contributed by atoms with Crippen molar-refractivity contribution in [3.05, 3.63) is 29.8 Å². The molecule has 0 saturated heterocycles. The van der Waals surface area contributed by atoms with E-state index >= 15 is 0 Å². The fourth-order valence-electron chi connectivity index (χ4n) is 4.86. The minimum atomic E-state index is -4.15. The Balaban J connectivity index is 1.47. The van der Waals surface area contributed by atoms with Crippen molar-refractivity contribution in [2.45, 2.75) is 83.2 Å². The summed E-state index contributed by atoms with van der Waals surface area (Å²) in [5.41, 5.74) is 1.29. The molecule has 28 heavy (non-hydrogen) atoms. The van der Waals surface area contributed by atoms with Gasteiger partial charge in [-0.3, -0.25) is 4.79 Å². The first-order valence-corrected chi connectivity index (χ1v) is 10.7. The molecule has 0 bridgehead atoms. The highest BCUT2D eigenvalue weighted by molar-refractivity contribution is 5.75. The lowest BCUT2D eigenvalue weighted by atomic mass is 9.77. The van der Waals surface area contributed by atoms with Gasteiger partial charge in [-0.15, -0.1) is 0 Å². The van der Waals surface area contributed by atoms with Crippen molar-refractivity contribution in [2.24, 2.45) is 17.8 Å². The molecule has 156 valence electrons. The van der Waals surface area contributed by atoms with Gasteiger partial charge in [0, 0.05) is 0 Å². The summed E-state index contributed by atoms with van der Waals surface area (Å²) in [6, 6.07) is 7.72. The van der Waals surface area contributed by atoms with Crippen molar-refractivity contribution in [1.29, 1.82) is 0 Å². The number of benzene rings is 1. The number of alkyl halides is 3. The highest BCUT2D eigenvalue weighted by Gasteiger charge is 2.42. The molecule has 5 heteroatoms. The van der Waals surface area contributed by atoms with E-state index in [1.54, 1.807) is 0 Å². The van der Waals surface area contributed by atoms with Gasteiger partial charge in [0.2, 0.25) is 0 Å². The molecule has 0 heterocycles. The van der Waals surface area contributed by atoms with Gasteiger partial charge in [0.05, 0.1) is 11.8 Å². The van der Waals surface area contributed by atoms with Crippen LogP contribution in [0.2, 0.25) is 0 Å². The van der Waals surface area contributed by atoms with Gasteiger partial charge in [0.25, 0.3) is 0 Å². The van der Waals surface area contributed by atoms with Gasteiger partial charge < -0.3 is 4.74 Å². The Kier molecular flexibility index (Phi) is 7.05. The number of carbonyl (C=O) groups is 1. The second kappa shape index (κ2) is 9.32. The van der Waals surface area contributed by atoms with Crippen LogP contribution < -0.4 is 4.74 Å². The average molecular weight is 396 g/mol. The van der Waals surface area contributed by atoms with Gasteiger partial charge >= 0.3 is 12.1 Å². The number of hydrogen-bond acceptors (Lipinski definition) is 2. The van der Waals surface area contributed by atoms with E-state index in [-0.39, 0.29) is 25.7 Å². The number of carbonyl (C=O) groups excluding carboxylic acids is 1. The van der Waals surface area contributed by atoms with Crippen molar-refractivity contribution in [1.82, 2.24) is 0 Å². The molecular formula is C23H31F3O2. The van der Waals surface area contributed by atoms with Gasteiger partial charge in [-0.05, 0) is 80.9 Å². The first-order chi connectivity index (χ1) is 13.4. The molecule has 0 unspecified atom stereocenters. The zero-order chi connectivity index (χ0) is 20.1. The minimum absolute atomic E-state index is 0.0168. The molecule has 2 nitrogen and oxygen atoms in total. The summed E-state index contributed by atoms with van der Waals surface area (Å²) >= 11 is 0. The molecular weight excluding hydrogens is 365 g/mol. The summed E-state index contributed by atoms with van der Waals surface area (Å²) in [7, 11) is 0. The molecule has 2 fully saturated rings. The fraction of sp³-hybridized carbons (Fsp3) is 0.696. The number of halogens is 3. The van der Waals surface area contributed by atoms with E-state index in [2.05, 4.69) is 6.92 Å². The van der Waals surface area contributed by atoms with Gasteiger partial charge in [-0.2, -0.15) is 13.2 Å². The zero-order valence-electron chi connectivity index (χ0n) is 16.6. The monoisotopic (exact) mass is 396 g/mol. The van der Waals surface area contributed by atoms with Crippen LogP contribution in [0.1, 0.15) is 82.6 Å². The van der Waals surface area contributed by atoms with Crippen molar-refractivity contribution < 1.29 is 22.7 Å². The maximum Gasteiger partial charge on any atom is 0.391 e. The van der Waals surface area contributed by atoms with E-state index in [4.69, 9.17) is 4.74 Å². The van der Waals surface area contributed by atoms with Crippen LogP contribution in [0.25, 0.3) is 0 Å². The maximum absolute atomic E-state index is 12.8. The Morgan fingerprint density at radius 1 is 0.964 bits per heavy atom. The minimum Gasteiger partial charge on any atom is -0.426 e. The topological polar surface area (TPSA) is 26.3 Å². The molecule has 0 atom stereocenters. The van der Waals surface area contributed by atoms with Crippen LogP contribution >= 0.6 is 0 Å². The summed E-state index contributed by atoms with van der Waals surface area (Å²) in [6.45, 7) is 2.24. The molecule has 1 aromatic carbocycles. The molecule has 2 aliphatic rings. The molecule has 0 radical (unpaired) electrons. The Morgan fingerprint density at radius 2 is 1.57 bits per heavy atom. The van der Waals surface area contributed by atoms with Crippen LogP contribution in [-0.4, -0.2) is 12.1 Å². The molecule has 2 saturated carbocycles. The Morgan fingerprint density at radius 3 is 2.11 bits per heavy atom. The quantitative estimate of drug-likeness (QED) is 0.394. The highest BCUT2D eigenvalue weighted by atomic mass is 19.4. The Labute approximate surface area is 165 Å². The molecule has 0 N–H and O–H groups in total. The summed E-state index contributed by atoms with van der Waals surface area (Å²) in [6.07, 6.45) is 3.97. The first kappa shape index (κ1) is 21.2. The van der Waals surface area contributed by atoms with Crippen LogP contribution in [0, 0.1) is 17.8 Å².